The molecule has 0 aliphatic heterocycles. The number of guanidine groups is 1. The lowest BCUT2D eigenvalue weighted by Crippen LogP contribution is -2.41. The summed E-state index contributed by atoms with van der Waals surface area (Å²) in [5.41, 5.74) is 1.00. The normalized spacial score (nSPS) is 12.6. The average molecular weight is 393 g/mol. The maximum atomic E-state index is 12.1. The van der Waals surface area contributed by atoms with Crippen molar-refractivity contribution >= 4 is 11.9 Å². The highest BCUT2D eigenvalue weighted by molar-refractivity contribution is 5.84. The summed E-state index contributed by atoms with van der Waals surface area (Å²) < 4.78 is 5.13. The first-order valence-electron chi connectivity index (χ1n) is 10.0. The van der Waals surface area contributed by atoms with Crippen LogP contribution in [-0.4, -0.2) is 50.3 Å². The van der Waals surface area contributed by atoms with Crippen molar-refractivity contribution in [3.8, 4) is 5.75 Å². The van der Waals surface area contributed by atoms with E-state index < -0.39 is 0 Å². The SMILES string of the molecule is CCNC(=NCC(=O)NCc1ccc(OC)cc1)NCC(CCO)CC(C)C. The minimum absolute atomic E-state index is 0.0559. The van der Waals surface area contributed by atoms with Gasteiger partial charge < -0.3 is 25.8 Å². The fourth-order valence-electron chi connectivity index (χ4n) is 2.89. The molecule has 0 aliphatic carbocycles. The first-order chi connectivity index (χ1) is 13.5. The van der Waals surface area contributed by atoms with Crippen LogP contribution in [0.4, 0.5) is 0 Å². The van der Waals surface area contributed by atoms with Crippen LogP contribution in [0, 0.1) is 11.8 Å². The van der Waals surface area contributed by atoms with Crippen molar-refractivity contribution in [1.29, 1.82) is 0 Å². The Balaban J connectivity index is 2.48. The quantitative estimate of drug-likeness (QED) is 0.322. The summed E-state index contributed by atoms with van der Waals surface area (Å²) in [4.78, 5) is 16.5. The third-order valence-corrected chi connectivity index (χ3v) is 4.27. The van der Waals surface area contributed by atoms with Gasteiger partial charge in [0.1, 0.15) is 12.3 Å². The zero-order valence-corrected chi connectivity index (χ0v) is 17.6. The zero-order valence-electron chi connectivity index (χ0n) is 17.6. The molecule has 4 N–H and O–H groups in total. The first-order valence-corrected chi connectivity index (χ1v) is 10.0. The number of nitrogens with one attached hydrogen (secondary N) is 3. The Morgan fingerprint density at radius 1 is 1.18 bits per heavy atom. The van der Waals surface area contributed by atoms with Crippen LogP contribution >= 0.6 is 0 Å². The first kappa shape index (κ1) is 23.8. The van der Waals surface area contributed by atoms with Crippen molar-refractivity contribution in [2.24, 2.45) is 16.8 Å². The number of carbonyl (C=O) groups excluding carboxylic acids is 1. The zero-order chi connectivity index (χ0) is 20.8. The third-order valence-electron chi connectivity index (χ3n) is 4.27. The molecule has 1 aromatic carbocycles. The molecule has 1 amide bonds. The van der Waals surface area contributed by atoms with Crippen molar-refractivity contribution in [3.63, 3.8) is 0 Å². The molecule has 1 atom stereocenters. The number of benzene rings is 1. The molecule has 7 nitrogen and oxygen atoms in total. The minimum atomic E-state index is -0.137. The highest BCUT2D eigenvalue weighted by Crippen LogP contribution is 2.14. The topological polar surface area (TPSA) is 95.0 Å². The van der Waals surface area contributed by atoms with E-state index in [9.17, 15) is 9.90 Å². The fraction of sp³-hybridized carbons (Fsp3) is 0.619. The second-order valence-corrected chi connectivity index (χ2v) is 7.21. The molecule has 0 aromatic heterocycles. The maximum absolute atomic E-state index is 12.1. The summed E-state index contributed by atoms with van der Waals surface area (Å²) in [5.74, 6) is 2.22. The summed E-state index contributed by atoms with van der Waals surface area (Å²) >= 11 is 0. The fourth-order valence-corrected chi connectivity index (χ4v) is 2.89. The summed E-state index contributed by atoms with van der Waals surface area (Å²) in [7, 11) is 1.62. The monoisotopic (exact) mass is 392 g/mol. The van der Waals surface area contributed by atoms with Gasteiger partial charge >= 0.3 is 0 Å². The molecule has 0 spiro atoms. The second kappa shape index (κ2) is 13.8. The van der Waals surface area contributed by atoms with Gasteiger partial charge in [0.15, 0.2) is 5.96 Å². The van der Waals surface area contributed by atoms with Gasteiger partial charge in [-0.3, -0.25) is 4.79 Å². The van der Waals surface area contributed by atoms with E-state index in [0.717, 1.165) is 30.7 Å². The van der Waals surface area contributed by atoms with E-state index in [2.05, 4.69) is 34.8 Å². The van der Waals surface area contributed by atoms with Gasteiger partial charge in [-0.1, -0.05) is 26.0 Å². The second-order valence-electron chi connectivity index (χ2n) is 7.21. The van der Waals surface area contributed by atoms with Gasteiger partial charge in [0.2, 0.25) is 5.91 Å². The molecular weight excluding hydrogens is 356 g/mol. The number of amides is 1. The van der Waals surface area contributed by atoms with Crippen LogP contribution in [-0.2, 0) is 11.3 Å². The molecule has 1 rings (SSSR count). The largest absolute Gasteiger partial charge is 0.497 e. The standard InChI is InChI=1S/C21H36N4O3/c1-5-22-21(24-14-18(10-11-26)12-16(2)3)25-15-20(27)23-13-17-6-8-19(28-4)9-7-17/h6-9,16,18,26H,5,10-15H2,1-4H3,(H,23,27)(H2,22,24,25). The van der Waals surface area contributed by atoms with Crippen LogP contribution in [0.3, 0.4) is 0 Å². The highest BCUT2D eigenvalue weighted by Gasteiger charge is 2.11. The van der Waals surface area contributed by atoms with E-state index in [4.69, 9.17) is 4.74 Å². The van der Waals surface area contributed by atoms with Crippen LogP contribution in [0.5, 0.6) is 5.75 Å². The molecule has 0 saturated heterocycles. The molecule has 1 unspecified atom stereocenters. The van der Waals surface area contributed by atoms with Crippen LogP contribution < -0.4 is 20.7 Å². The number of hydrogen-bond donors (Lipinski definition) is 4. The van der Waals surface area contributed by atoms with Crippen LogP contribution in [0.1, 0.15) is 39.2 Å². The Labute approximate surface area is 169 Å². The minimum Gasteiger partial charge on any atom is -0.497 e. The Morgan fingerprint density at radius 3 is 2.46 bits per heavy atom. The number of aliphatic hydroxyl groups is 1. The van der Waals surface area contributed by atoms with E-state index in [1.54, 1.807) is 7.11 Å². The number of aliphatic imine (C=N–C) groups is 1. The van der Waals surface area contributed by atoms with Gasteiger partial charge in [0.05, 0.1) is 7.11 Å². The number of ether oxygens (including phenoxy) is 1. The smallest absolute Gasteiger partial charge is 0.242 e. The van der Waals surface area contributed by atoms with Crippen LogP contribution in [0.2, 0.25) is 0 Å². The molecule has 1 aromatic rings. The van der Waals surface area contributed by atoms with Crippen LogP contribution in [0.25, 0.3) is 0 Å². The predicted octanol–water partition coefficient (Wildman–Crippen LogP) is 1.91. The van der Waals surface area contributed by atoms with Gasteiger partial charge in [-0.05, 0) is 49.3 Å². The number of aliphatic hydroxyl groups excluding tert-OH is 1. The lowest BCUT2D eigenvalue weighted by Gasteiger charge is -2.20. The molecule has 7 heteroatoms. The van der Waals surface area contributed by atoms with Gasteiger partial charge in [0, 0.05) is 26.2 Å². The number of rotatable bonds is 12. The van der Waals surface area contributed by atoms with Gasteiger partial charge in [-0.15, -0.1) is 0 Å². The molecule has 0 heterocycles. The van der Waals surface area contributed by atoms with Crippen molar-refractivity contribution in [1.82, 2.24) is 16.0 Å². The molecule has 0 saturated carbocycles. The van der Waals surface area contributed by atoms with Gasteiger partial charge in [-0.2, -0.15) is 0 Å². The molecular formula is C21H36N4O3. The van der Waals surface area contributed by atoms with Crippen molar-refractivity contribution in [2.45, 2.75) is 40.2 Å². The number of nitrogens with zero attached hydrogens (tertiary/aromatic N) is 1. The Kier molecular flexibility index (Phi) is 11.7. The summed E-state index contributed by atoms with van der Waals surface area (Å²) in [6.45, 7) is 8.47. The van der Waals surface area contributed by atoms with E-state index in [1.165, 1.54) is 0 Å². The van der Waals surface area contributed by atoms with E-state index in [1.807, 2.05) is 31.2 Å². The van der Waals surface area contributed by atoms with Crippen LogP contribution in [0.15, 0.2) is 29.3 Å². The Hall–Kier alpha value is -2.28. The maximum Gasteiger partial charge on any atom is 0.242 e. The van der Waals surface area contributed by atoms with Crippen molar-refractivity contribution in [3.05, 3.63) is 29.8 Å². The molecule has 0 bridgehead atoms. The molecule has 0 aliphatic rings. The van der Waals surface area contributed by atoms with Gasteiger partial charge in [-0.25, -0.2) is 4.99 Å². The van der Waals surface area contributed by atoms with Gasteiger partial charge in [0.25, 0.3) is 0 Å². The predicted molar refractivity (Wildman–Crippen MR) is 113 cm³/mol. The van der Waals surface area contributed by atoms with E-state index >= 15 is 0 Å². The number of hydrogen-bond acceptors (Lipinski definition) is 4. The Bertz CT molecular complexity index is 588. The lowest BCUT2D eigenvalue weighted by atomic mass is 9.94. The van der Waals surface area contributed by atoms with Crippen molar-refractivity contribution in [2.75, 3.05) is 33.4 Å². The average Bonchev–Trinajstić information content (AvgIpc) is 2.68. The number of carbonyl (C=O) groups is 1. The molecule has 158 valence electrons. The summed E-state index contributed by atoms with van der Waals surface area (Å²) in [5, 5.41) is 18.6. The third kappa shape index (κ3) is 10.2. The Morgan fingerprint density at radius 2 is 1.89 bits per heavy atom. The summed E-state index contributed by atoms with van der Waals surface area (Å²) in [6, 6.07) is 7.58. The summed E-state index contributed by atoms with van der Waals surface area (Å²) in [6.07, 6.45) is 1.79. The molecule has 0 fully saturated rings. The molecule has 28 heavy (non-hydrogen) atoms. The van der Waals surface area contributed by atoms with Crippen molar-refractivity contribution < 1.29 is 14.6 Å². The van der Waals surface area contributed by atoms with E-state index in [0.29, 0.717) is 30.9 Å². The lowest BCUT2D eigenvalue weighted by molar-refractivity contribution is -0.119. The number of methoxy groups -OCH3 is 1. The molecule has 0 radical (unpaired) electrons. The van der Waals surface area contributed by atoms with E-state index in [-0.39, 0.29) is 19.1 Å². The highest BCUT2D eigenvalue weighted by atomic mass is 16.5.